The zero-order valence-electron chi connectivity index (χ0n) is 11.3. The molecular formula is C14H17N5O. The van der Waals surface area contributed by atoms with Gasteiger partial charge in [0.15, 0.2) is 5.65 Å². The quantitative estimate of drug-likeness (QED) is 0.719. The second kappa shape index (κ2) is 5.49. The summed E-state index contributed by atoms with van der Waals surface area (Å²) in [5.41, 5.74) is 0.593. The highest BCUT2D eigenvalue weighted by atomic mass is 16.2. The Balaban J connectivity index is 1.70. The highest BCUT2D eigenvalue weighted by Gasteiger charge is 2.17. The van der Waals surface area contributed by atoms with Gasteiger partial charge in [0.1, 0.15) is 0 Å². The van der Waals surface area contributed by atoms with Crippen LogP contribution >= 0.6 is 0 Å². The maximum absolute atomic E-state index is 12.2. The molecule has 3 heterocycles. The van der Waals surface area contributed by atoms with E-state index < -0.39 is 0 Å². The molecule has 0 amide bonds. The number of fused-ring (bicyclic) bond motifs is 1. The summed E-state index contributed by atoms with van der Waals surface area (Å²) in [7, 11) is 0. The Morgan fingerprint density at radius 2 is 1.95 bits per heavy atom. The first-order valence-corrected chi connectivity index (χ1v) is 6.70. The fourth-order valence-electron chi connectivity index (χ4n) is 2.47. The molecule has 1 fully saturated rings. The number of nitrogens with zero attached hydrogens (tertiary/aromatic N) is 5. The van der Waals surface area contributed by atoms with Gasteiger partial charge in [0.05, 0.1) is 13.2 Å². The van der Waals surface area contributed by atoms with E-state index in [1.54, 1.807) is 10.6 Å². The number of hydrogen-bond acceptors (Lipinski definition) is 4. The van der Waals surface area contributed by atoms with Gasteiger partial charge in [-0.05, 0) is 12.1 Å². The number of aromatic nitrogens is 3. The molecule has 104 valence electrons. The van der Waals surface area contributed by atoms with Gasteiger partial charge in [0.25, 0.3) is 0 Å². The van der Waals surface area contributed by atoms with Crippen LogP contribution in [0.25, 0.3) is 5.65 Å². The molecule has 0 saturated carbocycles. The maximum Gasteiger partial charge on any atom is 0.351 e. The molecule has 0 spiro atoms. The Morgan fingerprint density at radius 1 is 1.20 bits per heavy atom. The van der Waals surface area contributed by atoms with Crippen LogP contribution in [0.15, 0.2) is 29.2 Å². The normalized spacial score (nSPS) is 17.4. The fraction of sp³-hybridized carbons (Fsp3) is 0.429. The molecule has 3 rings (SSSR count). The lowest BCUT2D eigenvalue weighted by Gasteiger charge is -2.33. The zero-order valence-corrected chi connectivity index (χ0v) is 11.3. The molecule has 0 aliphatic carbocycles. The second-order valence-electron chi connectivity index (χ2n) is 4.95. The Kier molecular flexibility index (Phi) is 3.54. The highest BCUT2D eigenvalue weighted by molar-refractivity contribution is 5.35. The van der Waals surface area contributed by atoms with Crippen molar-refractivity contribution in [3.05, 3.63) is 34.9 Å². The summed E-state index contributed by atoms with van der Waals surface area (Å²) >= 11 is 0. The van der Waals surface area contributed by atoms with Crippen LogP contribution in [-0.2, 0) is 6.67 Å². The van der Waals surface area contributed by atoms with E-state index in [0.717, 1.165) is 26.2 Å². The van der Waals surface area contributed by atoms with Gasteiger partial charge in [-0.1, -0.05) is 12.0 Å². The summed E-state index contributed by atoms with van der Waals surface area (Å²) in [6.45, 7) is 4.91. The van der Waals surface area contributed by atoms with Gasteiger partial charge in [-0.25, -0.2) is 4.79 Å². The molecule has 0 N–H and O–H groups in total. The van der Waals surface area contributed by atoms with Crippen LogP contribution in [-0.4, -0.2) is 56.7 Å². The van der Waals surface area contributed by atoms with E-state index in [1.165, 1.54) is 4.68 Å². The van der Waals surface area contributed by atoms with Gasteiger partial charge in [0, 0.05) is 32.4 Å². The predicted octanol–water partition coefficient (Wildman–Crippen LogP) is -0.296. The number of hydrogen-bond donors (Lipinski definition) is 0. The molecule has 6 nitrogen and oxygen atoms in total. The zero-order chi connectivity index (χ0) is 13.9. The molecule has 0 aromatic carbocycles. The van der Waals surface area contributed by atoms with Crippen LogP contribution in [0.1, 0.15) is 0 Å². The molecule has 6 heteroatoms. The number of rotatable bonds is 3. The minimum atomic E-state index is -0.0911. The third kappa shape index (κ3) is 2.46. The van der Waals surface area contributed by atoms with E-state index in [-0.39, 0.29) is 5.69 Å². The van der Waals surface area contributed by atoms with E-state index in [4.69, 9.17) is 6.42 Å². The predicted molar refractivity (Wildman–Crippen MR) is 76.3 cm³/mol. The van der Waals surface area contributed by atoms with Crippen LogP contribution < -0.4 is 5.69 Å². The average molecular weight is 271 g/mol. The Labute approximate surface area is 117 Å². The molecule has 0 atom stereocenters. The van der Waals surface area contributed by atoms with Crippen molar-refractivity contribution in [1.82, 2.24) is 24.0 Å². The largest absolute Gasteiger partial charge is 0.351 e. The summed E-state index contributed by atoms with van der Waals surface area (Å²) < 4.78 is 3.08. The molecule has 20 heavy (non-hydrogen) atoms. The Hall–Kier alpha value is -2.10. The van der Waals surface area contributed by atoms with E-state index in [1.807, 2.05) is 18.2 Å². The molecule has 2 aromatic heterocycles. The van der Waals surface area contributed by atoms with Crippen LogP contribution in [0.5, 0.6) is 0 Å². The summed E-state index contributed by atoms with van der Waals surface area (Å²) in [6.07, 6.45) is 7.06. The molecule has 1 aliphatic rings. The number of terminal acetylenes is 1. The maximum atomic E-state index is 12.2. The smallest absolute Gasteiger partial charge is 0.290 e. The van der Waals surface area contributed by atoms with Gasteiger partial charge < -0.3 is 0 Å². The highest BCUT2D eigenvalue weighted by Crippen LogP contribution is 2.02. The van der Waals surface area contributed by atoms with Crippen molar-refractivity contribution >= 4 is 5.65 Å². The van der Waals surface area contributed by atoms with Gasteiger partial charge in [-0.15, -0.1) is 11.5 Å². The van der Waals surface area contributed by atoms with E-state index in [0.29, 0.717) is 18.9 Å². The van der Waals surface area contributed by atoms with Crippen LogP contribution in [0, 0.1) is 12.3 Å². The molecule has 0 bridgehead atoms. The first-order chi connectivity index (χ1) is 9.78. The van der Waals surface area contributed by atoms with E-state index in [9.17, 15) is 4.79 Å². The van der Waals surface area contributed by atoms with Crippen molar-refractivity contribution in [2.24, 2.45) is 0 Å². The van der Waals surface area contributed by atoms with Crippen molar-refractivity contribution in [3.8, 4) is 12.3 Å². The third-order valence-electron chi connectivity index (χ3n) is 3.60. The minimum Gasteiger partial charge on any atom is -0.290 e. The monoisotopic (exact) mass is 271 g/mol. The Morgan fingerprint density at radius 3 is 2.65 bits per heavy atom. The SMILES string of the molecule is C#CCN1CCN(Cn2nc3ccccn3c2=O)CC1. The molecule has 1 aliphatic heterocycles. The lowest BCUT2D eigenvalue weighted by Crippen LogP contribution is -2.47. The summed E-state index contributed by atoms with van der Waals surface area (Å²) in [5, 5.41) is 4.34. The summed E-state index contributed by atoms with van der Waals surface area (Å²) in [5.74, 6) is 2.67. The van der Waals surface area contributed by atoms with E-state index in [2.05, 4.69) is 20.8 Å². The van der Waals surface area contributed by atoms with E-state index >= 15 is 0 Å². The summed E-state index contributed by atoms with van der Waals surface area (Å²) in [4.78, 5) is 16.6. The van der Waals surface area contributed by atoms with Gasteiger partial charge in [0.2, 0.25) is 0 Å². The first kappa shape index (κ1) is 12.9. The molecule has 2 aromatic rings. The van der Waals surface area contributed by atoms with Crippen LogP contribution in [0.2, 0.25) is 0 Å². The third-order valence-corrected chi connectivity index (χ3v) is 3.60. The number of pyridine rings is 1. The van der Waals surface area contributed by atoms with Crippen molar-refractivity contribution in [1.29, 1.82) is 0 Å². The first-order valence-electron chi connectivity index (χ1n) is 6.70. The van der Waals surface area contributed by atoms with Gasteiger partial charge >= 0.3 is 5.69 Å². The minimum absolute atomic E-state index is 0.0911. The second-order valence-corrected chi connectivity index (χ2v) is 4.95. The Bertz CT molecular complexity index is 687. The summed E-state index contributed by atoms with van der Waals surface area (Å²) in [6, 6.07) is 5.55. The average Bonchev–Trinajstić information content (AvgIpc) is 2.79. The molecule has 0 radical (unpaired) electrons. The van der Waals surface area contributed by atoms with Gasteiger partial charge in [-0.2, -0.15) is 4.68 Å². The van der Waals surface area contributed by atoms with Gasteiger partial charge in [-0.3, -0.25) is 14.2 Å². The van der Waals surface area contributed by atoms with Crippen LogP contribution in [0.4, 0.5) is 0 Å². The topological polar surface area (TPSA) is 45.8 Å². The molecule has 0 unspecified atom stereocenters. The van der Waals surface area contributed by atoms with Crippen LogP contribution in [0.3, 0.4) is 0 Å². The lowest BCUT2D eigenvalue weighted by molar-refractivity contribution is 0.110. The number of piperazine rings is 1. The molecular weight excluding hydrogens is 254 g/mol. The van der Waals surface area contributed by atoms with Crippen molar-refractivity contribution in [3.63, 3.8) is 0 Å². The molecule has 1 saturated heterocycles. The van der Waals surface area contributed by atoms with Crippen molar-refractivity contribution in [2.75, 3.05) is 32.7 Å². The standard InChI is InChI=1S/C14H17N5O/c1-2-6-16-8-10-17(11-9-16)12-19-14(20)18-7-4-3-5-13(18)15-19/h1,3-5,7H,6,8-12H2. The van der Waals surface area contributed by atoms with Crippen molar-refractivity contribution in [2.45, 2.75) is 6.67 Å². The fourth-order valence-corrected chi connectivity index (χ4v) is 2.47. The lowest BCUT2D eigenvalue weighted by atomic mass is 10.3. The van der Waals surface area contributed by atoms with Crippen molar-refractivity contribution < 1.29 is 0 Å².